The van der Waals surface area contributed by atoms with Crippen molar-refractivity contribution in [3.8, 4) is 0 Å². The molecule has 1 rings (SSSR count). The highest BCUT2D eigenvalue weighted by Gasteiger charge is 2.17. The Kier molecular flexibility index (Phi) is 5.57. The van der Waals surface area contributed by atoms with Crippen molar-refractivity contribution >= 4 is 5.97 Å². The standard InChI is InChI=1S/C13H18O3/c1-2-3-7-10-16-13(15)12(14)11-8-5-4-6-9-11/h4-6,8-9,12,14H,2-3,7,10H2,1H3. The van der Waals surface area contributed by atoms with Crippen LogP contribution in [0.1, 0.15) is 37.9 Å². The molecule has 0 radical (unpaired) electrons. The van der Waals surface area contributed by atoms with Gasteiger partial charge >= 0.3 is 5.97 Å². The quantitative estimate of drug-likeness (QED) is 0.594. The van der Waals surface area contributed by atoms with Crippen molar-refractivity contribution < 1.29 is 14.6 Å². The van der Waals surface area contributed by atoms with Crippen molar-refractivity contribution in [3.05, 3.63) is 35.9 Å². The smallest absolute Gasteiger partial charge is 0.339 e. The molecule has 0 saturated carbocycles. The van der Waals surface area contributed by atoms with Crippen LogP contribution in [0.3, 0.4) is 0 Å². The molecule has 0 aromatic heterocycles. The van der Waals surface area contributed by atoms with E-state index >= 15 is 0 Å². The Balaban J connectivity index is 2.37. The van der Waals surface area contributed by atoms with Gasteiger partial charge in [-0.15, -0.1) is 0 Å². The van der Waals surface area contributed by atoms with Crippen LogP contribution in [0.5, 0.6) is 0 Å². The fourth-order valence-corrected chi connectivity index (χ4v) is 1.38. The van der Waals surface area contributed by atoms with Crippen LogP contribution in [0.25, 0.3) is 0 Å². The molecule has 0 amide bonds. The molecule has 1 aromatic rings. The third-order valence-corrected chi connectivity index (χ3v) is 2.33. The number of hydrogen-bond acceptors (Lipinski definition) is 3. The molecule has 3 nitrogen and oxygen atoms in total. The van der Waals surface area contributed by atoms with Crippen LogP contribution >= 0.6 is 0 Å². The number of hydrogen-bond donors (Lipinski definition) is 1. The minimum Gasteiger partial charge on any atom is -0.464 e. The lowest BCUT2D eigenvalue weighted by Gasteiger charge is -2.10. The van der Waals surface area contributed by atoms with Gasteiger partial charge in [0.05, 0.1) is 6.61 Å². The molecule has 0 heterocycles. The Labute approximate surface area is 96.1 Å². The molecule has 0 fully saturated rings. The van der Waals surface area contributed by atoms with Gasteiger partial charge in [-0.2, -0.15) is 0 Å². The average molecular weight is 222 g/mol. The molecule has 0 bridgehead atoms. The Morgan fingerprint density at radius 2 is 2.00 bits per heavy atom. The van der Waals surface area contributed by atoms with Crippen LogP contribution in [-0.4, -0.2) is 17.7 Å². The SMILES string of the molecule is CCCCCOC(=O)C(O)c1ccccc1. The fourth-order valence-electron chi connectivity index (χ4n) is 1.38. The van der Waals surface area contributed by atoms with Crippen LogP contribution in [0.4, 0.5) is 0 Å². The van der Waals surface area contributed by atoms with Gasteiger partial charge in [-0.3, -0.25) is 0 Å². The topological polar surface area (TPSA) is 46.5 Å². The van der Waals surface area contributed by atoms with Gasteiger partial charge in [0.25, 0.3) is 0 Å². The molecule has 0 spiro atoms. The summed E-state index contributed by atoms with van der Waals surface area (Å²) in [5.74, 6) is -0.567. The first kappa shape index (κ1) is 12.7. The first-order valence-corrected chi connectivity index (χ1v) is 5.65. The number of unbranched alkanes of at least 4 members (excludes halogenated alkanes) is 2. The van der Waals surface area contributed by atoms with E-state index in [2.05, 4.69) is 6.92 Å². The van der Waals surface area contributed by atoms with Crippen LogP contribution in [0.15, 0.2) is 30.3 Å². The fraction of sp³-hybridized carbons (Fsp3) is 0.462. The monoisotopic (exact) mass is 222 g/mol. The Morgan fingerprint density at radius 1 is 1.31 bits per heavy atom. The van der Waals surface area contributed by atoms with Crippen LogP contribution < -0.4 is 0 Å². The lowest BCUT2D eigenvalue weighted by Crippen LogP contribution is -2.16. The molecule has 0 aliphatic heterocycles. The highest BCUT2D eigenvalue weighted by Crippen LogP contribution is 2.13. The second-order valence-corrected chi connectivity index (χ2v) is 3.69. The molecule has 1 aromatic carbocycles. The number of aliphatic hydroxyl groups is 1. The Morgan fingerprint density at radius 3 is 2.62 bits per heavy atom. The van der Waals surface area contributed by atoms with Gasteiger partial charge in [0, 0.05) is 0 Å². The second-order valence-electron chi connectivity index (χ2n) is 3.69. The summed E-state index contributed by atoms with van der Waals surface area (Å²) < 4.78 is 4.97. The maximum atomic E-state index is 11.4. The molecule has 16 heavy (non-hydrogen) atoms. The molecule has 1 unspecified atom stereocenters. The largest absolute Gasteiger partial charge is 0.464 e. The lowest BCUT2D eigenvalue weighted by molar-refractivity contribution is -0.154. The van der Waals surface area contributed by atoms with Gasteiger partial charge in [0.1, 0.15) is 0 Å². The van der Waals surface area contributed by atoms with Crippen molar-refractivity contribution in [1.29, 1.82) is 0 Å². The highest BCUT2D eigenvalue weighted by atomic mass is 16.5. The first-order valence-electron chi connectivity index (χ1n) is 5.65. The van der Waals surface area contributed by atoms with Crippen molar-refractivity contribution in [2.24, 2.45) is 0 Å². The van der Waals surface area contributed by atoms with E-state index in [0.717, 1.165) is 19.3 Å². The van der Waals surface area contributed by atoms with Crippen molar-refractivity contribution in [2.45, 2.75) is 32.3 Å². The van der Waals surface area contributed by atoms with Gasteiger partial charge in [0.15, 0.2) is 6.10 Å². The summed E-state index contributed by atoms with van der Waals surface area (Å²) in [6.07, 6.45) is 1.81. The Hall–Kier alpha value is -1.35. The third-order valence-electron chi connectivity index (χ3n) is 2.33. The zero-order valence-corrected chi connectivity index (χ0v) is 9.56. The minimum absolute atomic E-state index is 0.385. The molecule has 0 saturated heterocycles. The summed E-state index contributed by atoms with van der Waals surface area (Å²) in [5, 5.41) is 9.67. The summed E-state index contributed by atoms with van der Waals surface area (Å²) >= 11 is 0. The molecule has 0 aliphatic carbocycles. The zero-order valence-electron chi connectivity index (χ0n) is 9.56. The predicted molar refractivity (Wildman–Crippen MR) is 61.9 cm³/mol. The molecule has 1 N–H and O–H groups in total. The number of ether oxygens (including phenoxy) is 1. The van der Waals surface area contributed by atoms with E-state index in [1.807, 2.05) is 6.07 Å². The summed E-state index contributed by atoms with van der Waals surface area (Å²) in [6.45, 7) is 2.47. The summed E-state index contributed by atoms with van der Waals surface area (Å²) in [4.78, 5) is 11.4. The lowest BCUT2D eigenvalue weighted by atomic mass is 10.1. The minimum atomic E-state index is -1.16. The van der Waals surface area contributed by atoms with Crippen molar-refractivity contribution in [1.82, 2.24) is 0 Å². The Bertz CT molecular complexity index is 308. The van der Waals surface area contributed by atoms with E-state index in [0.29, 0.717) is 12.2 Å². The summed E-state index contributed by atoms with van der Waals surface area (Å²) in [6, 6.07) is 8.81. The molecule has 1 atom stereocenters. The number of carbonyl (C=O) groups is 1. The second kappa shape index (κ2) is 7.01. The summed E-state index contributed by atoms with van der Waals surface area (Å²) in [7, 11) is 0. The van der Waals surface area contributed by atoms with Crippen LogP contribution in [0, 0.1) is 0 Å². The molecule has 88 valence electrons. The average Bonchev–Trinajstić information content (AvgIpc) is 2.34. The number of carbonyl (C=O) groups excluding carboxylic acids is 1. The van der Waals surface area contributed by atoms with Crippen molar-refractivity contribution in [2.75, 3.05) is 6.61 Å². The number of rotatable bonds is 6. The molecular weight excluding hydrogens is 204 g/mol. The predicted octanol–water partition coefficient (Wildman–Crippen LogP) is 2.45. The maximum absolute atomic E-state index is 11.4. The molecule has 0 aliphatic rings. The van der Waals surface area contributed by atoms with Crippen LogP contribution in [0.2, 0.25) is 0 Å². The zero-order chi connectivity index (χ0) is 11.8. The number of benzene rings is 1. The van der Waals surface area contributed by atoms with Gasteiger partial charge < -0.3 is 9.84 Å². The van der Waals surface area contributed by atoms with E-state index in [-0.39, 0.29) is 0 Å². The summed E-state index contributed by atoms with van der Waals surface area (Å²) in [5.41, 5.74) is 0.572. The van der Waals surface area contributed by atoms with Crippen molar-refractivity contribution in [3.63, 3.8) is 0 Å². The van der Waals surface area contributed by atoms with E-state index in [4.69, 9.17) is 4.74 Å². The van der Waals surface area contributed by atoms with E-state index < -0.39 is 12.1 Å². The van der Waals surface area contributed by atoms with Gasteiger partial charge in [0.2, 0.25) is 0 Å². The van der Waals surface area contributed by atoms with Gasteiger partial charge in [-0.25, -0.2) is 4.79 Å². The number of esters is 1. The molecule has 3 heteroatoms. The highest BCUT2D eigenvalue weighted by molar-refractivity contribution is 5.76. The van der Waals surface area contributed by atoms with Gasteiger partial charge in [-0.1, -0.05) is 50.1 Å². The third kappa shape index (κ3) is 4.03. The van der Waals surface area contributed by atoms with E-state index in [9.17, 15) is 9.90 Å². The first-order chi connectivity index (χ1) is 7.75. The molecular formula is C13H18O3. The van der Waals surface area contributed by atoms with E-state index in [1.54, 1.807) is 24.3 Å². The normalized spacial score (nSPS) is 12.1. The number of aliphatic hydroxyl groups excluding tert-OH is 1. The van der Waals surface area contributed by atoms with E-state index in [1.165, 1.54) is 0 Å². The van der Waals surface area contributed by atoms with Crippen LogP contribution in [-0.2, 0) is 9.53 Å². The van der Waals surface area contributed by atoms with Gasteiger partial charge in [-0.05, 0) is 12.0 Å². The maximum Gasteiger partial charge on any atom is 0.339 e.